The first-order valence-corrected chi connectivity index (χ1v) is 5.55. The van der Waals surface area contributed by atoms with E-state index in [1.54, 1.807) is 0 Å². The Morgan fingerprint density at radius 1 is 1.50 bits per heavy atom. The Balaban J connectivity index is 0.00000121. The van der Waals surface area contributed by atoms with E-state index in [0.717, 1.165) is 12.8 Å². The lowest BCUT2D eigenvalue weighted by Crippen LogP contribution is -2.45. The Morgan fingerprint density at radius 3 is 2.42 bits per heavy atom. The van der Waals surface area contributed by atoms with E-state index in [1.807, 2.05) is 0 Å². The number of sulfonamides is 1. The maximum atomic E-state index is 11.0. The van der Waals surface area contributed by atoms with Crippen LogP contribution in [0.15, 0.2) is 0 Å². The van der Waals surface area contributed by atoms with Gasteiger partial charge in [0.05, 0.1) is 6.26 Å². The summed E-state index contributed by atoms with van der Waals surface area (Å²) < 4.78 is 23.5. The Kier molecular flexibility index (Phi) is 4.47. The molecule has 0 aromatic heterocycles. The molecular weight excluding hydrogens is 200 g/mol. The summed E-state index contributed by atoms with van der Waals surface area (Å²) in [5, 5.41) is 0. The highest BCUT2D eigenvalue weighted by Gasteiger charge is 2.23. The van der Waals surface area contributed by atoms with Gasteiger partial charge in [-0.05, 0) is 12.8 Å². The molecule has 0 unspecified atom stereocenters. The maximum Gasteiger partial charge on any atom is 0.211 e. The predicted molar refractivity (Wildman–Crippen MR) is 50.9 cm³/mol. The quantitative estimate of drug-likeness (QED) is 0.657. The standard InChI is InChI=1S/C6H14N2O2S.ClH/c1-11(9,10)8-4-2-3-6(7)5-8;/h6H,2-5,7H2,1H3;1H/t6-;/m1./s1. The van der Waals surface area contributed by atoms with Crippen LogP contribution < -0.4 is 5.73 Å². The van der Waals surface area contributed by atoms with Crippen molar-refractivity contribution >= 4 is 22.4 Å². The van der Waals surface area contributed by atoms with Crippen molar-refractivity contribution in [2.24, 2.45) is 5.73 Å². The van der Waals surface area contributed by atoms with E-state index in [9.17, 15) is 8.42 Å². The third-order valence-corrected chi connectivity index (χ3v) is 3.16. The van der Waals surface area contributed by atoms with Gasteiger partial charge in [0.25, 0.3) is 0 Å². The van der Waals surface area contributed by atoms with Gasteiger partial charge in [0.2, 0.25) is 10.0 Å². The van der Waals surface area contributed by atoms with Crippen LogP contribution in [0, 0.1) is 0 Å². The van der Waals surface area contributed by atoms with Crippen molar-refractivity contribution in [1.29, 1.82) is 0 Å². The van der Waals surface area contributed by atoms with Crippen molar-refractivity contribution in [1.82, 2.24) is 4.31 Å². The fourth-order valence-corrected chi connectivity index (χ4v) is 2.20. The van der Waals surface area contributed by atoms with Gasteiger partial charge in [-0.1, -0.05) is 0 Å². The molecule has 74 valence electrons. The molecule has 0 amide bonds. The monoisotopic (exact) mass is 214 g/mol. The highest BCUT2D eigenvalue weighted by Crippen LogP contribution is 2.10. The Hall–Kier alpha value is 0.160. The summed E-state index contributed by atoms with van der Waals surface area (Å²) in [5.74, 6) is 0. The summed E-state index contributed by atoms with van der Waals surface area (Å²) in [6.07, 6.45) is 3.05. The molecule has 6 heteroatoms. The van der Waals surface area contributed by atoms with Crippen LogP contribution >= 0.6 is 12.4 Å². The highest BCUT2D eigenvalue weighted by atomic mass is 35.5. The smallest absolute Gasteiger partial charge is 0.211 e. The van der Waals surface area contributed by atoms with E-state index in [0.29, 0.717) is 13.1 Å². The Morgan fingerprint density at radius 2 is 2.08 bits per heavy atom. The highest BCUT2D eigenvalue weighted by molar-refractivity contribution is 7.88. The molecule has 0 aromatic carbocycles. The average Bonchev–Trinajstić information content (AvgIpc) is 1.86. The van der Waals surface area contributed by atoms with Gasteiger partial charge >= 0.3 is 0 Å². The predicted octanol–water partition coefficient (Wildman–Crippen LogP) is -0.209. The Bertz CT molecular complexity index is 230. The number of hydrogen-bond donors (Lipinski definition) is 1. The largest absolute Gasteiger partial charge is 0.327 e. The second kappa shape index (κ2) is 4.41. The van der Waals surface area contributed by atoms with Crippen molar-refractivity contribution in [2.75, 3.05) is 19.3 Å². The van der Waals surface area contributed by atoms with Crippen LogP contribution in [0.5, 0.6) is 0 Å². The molecule has 1 saturated heterocycles. The van der Waals surface area contributed by atoms with Gasteiger partial charge in [-0.15, -0.1) is 12.4 Å². The molecule has 1 heterocycles. The minimum Gasteiger partial charge on any atom is -0.327 e. The van der Waals surface area contributed by atoms with Crippen molar-refractivity contribution < 1.29 is 8.42 Å². The van der Waals surface area contributed by atoms with Crippen LogP contribution in [0.4, 0.5) is 0 Å². The van der Waals surface area contributed by atoms with E-state index in [4.69, 9.17) is 5.73 Å². The van der Waals surface area contributed by atoms with Crippen LogP contribution in [0.2, 0.25) is 0 Å². The van der Waals surface area contributed by atoms with Crippen molar-refractivity contribution in [3.63, 3.8) is 0 Å². The molecule has 0 bridgehead atoms. The summed E-state index contributed by atoms with van der Waals surface area (Å²) >= 11 is 0. The van der Waals surface area contributed by atoms with Crippen molar-refractivity contribution in [3.05, 3.63) is 0 Å². The summed E-state index contributed by atoms with van der Waals surface area (Å²) in [7, 11) is -3.01. The minimum absolute atomic E-state index is 0. The summed E-state index contributed by atoms with van der Waals surface area (Å²) in [4.78, 5) is 0. The zero-order valence-electron chi connectivity index (χ0n) is 7.06. The molecule has 0 saturated carbocycles. The van der Waals surface area contributed by atoms with Crippen LogP contribution in [0.1, 0.15) is 12.8 Å². The van der Waals surface area contributed by atoms with E-state index >= 15 is 0 Å². The van der Waals surface area contributed by atoms with Gasteiger partial charge in [-0.3, -0.25) is 0 Å². The molecule has 1 aliphatic heterocycles. The molecular formula is C6H15ClN2O2S. The van der Waals surface area contributed by atoms with Gasteiger partial charge in [0.15, 0.2) is 0 Å². The number of piperidine rings is 1. The van der Waals surface area contributed by atoms with Gasteiger partial charge in [0.1, 0.15) is 0 Å². The Labute approximate surface area is 79.6 Å². The van der Waals surface area contributed by atoms with Gasteiger partial charge in [0, 0.05) is 19.1 Å². The molecule has 0 radical (unpaired) electrons. The zero-order valence-corrected chi connectivity index (χ0v) is 8.70. The van der Waals surface area contributed by atoms with E-state index in [-0.39, 0.29) is 18.4 Å². The summed E-state index contributed by atoms with van der Waals surface area (Å²) in [5.41, 5.74) is 5.62. The third-order valence-electron chi connectivity index (χ3n) is 1.89. The molecule has 1 rings (SSSR count). The molecule has 1 fully saturated rings. The molecule has 2 N–H and O–H groups in total. The number of rotatable bonds is 1. The molecule has 1 aliphatic rings. The number of hydrogen-bond acceptors (Lipinski definition) is 3. The number of nitrogens with two attached hydrogens (primary N) is 1. The summed E-state index contributed by atoms with van der Waals surface area (Å²) in [6, 6.07) is 0.0264. The van der Waals surface area contributed by atoms with E-state index in [2.05, 4.69) is 0 Å². The van der Waals surface area contributed by atoms with Crippen LogP contribution in [-0.4, -0.2) is 38.1 Å². The van der Waals surface area contributed by atoms with E-state index in [1.165, 1.54) is 10.6 Å². The SMILES string of the molecule is CS(=O)(=O)N1CCC[C@@H](N)C1.Cl. The van der Waals surface area contributed by atoms with Crippen LogP contribution in [0.25, 0.3) is 0 Å². The second-order valence-electron chi connectivity index (χ2n) is 3.02. The molecule has 4 nitrogen and oxygen atoms in total. The first-order valence-electron chi connectivity index (χ1n) is 3.71. The topological polar surface area (TPSA) is 63.4 Å². The van der Waals surface area contributed by atoms with Crippen LogP contribution in [0.3, 0.4) is 0 Å². The number of halogens is 1. The lowest BCUT2D eigenvalue weighted by Gasteiger charge is -2.28. The molecule has 0 spiro atoms. The lowest BCUT2D eigenvalue weighted by atomic mass is 10.1. The van der Waals surface area contributed by atoms with Crippen LogP contribution in [-0.2, 0) is 10.0 Å². The maximum absolute atomic E-state index is 11.0. The van der Waals surface area contributed by atoms with Gasteiger partial charge in [-0.2, -0.15) is 0 Å². The fraction of sp³-hybridized carbons (Fsp3) is 1.00. The fourth-order valence-electron chi connectivity index (χ4n) is 1.28. The lowest BCUT2D eigenvalue weighted by molar-refractivity contribution is 0.318. The van der Waals surface area contributed by atoms with Gasteiger partial charge < -0.3 is 5.73 Å². The normalized spacial score (nSPS) is 26.3. The molecule has 0 aliphatic carbocycles. The molecule has 12 heavy (non-hydrogen) atoms. The van der Waals surface area contributed by atoms with Crippen molar-refractivity contribution in [2.45, 2.75) is 18.9 Å². The second-order valence-corrected chi connectivity index (χ2v) is 5.01. The minimum atomic E-state index is -3.01. The number of nitrogens with zero attached hydrogens (tertiary/aromatic N) is 1. The van der Waals surface area contributed by atoms with Gasteiger partial charge in [-0.25, -0.2) is 12.7 Å². The zero-order chi connectivity index (χ0) is 8.48. The molecule has 1 atom stereocenters. The molecule has 0 aromatic rings. The third kappa shape index (κ3) is 3.26. The average molecular weight is 215 g/mol. The van der Waals surface area contributed by atoms with Crippen molar-refractivity contribution in [3.8, 4) is 0 Å². The first-order chi connectivity index (χ1) is 5.00. The first kappa shape index (κ1) is 12.2. The summed E-state index contributed by atoms with van der Waals surface area (Å²) in [6.45, 7) is 1.12. The van der Waals surface area contributed by atoms with E-state index < -0.39 is 10.0 Å².